The third kappa shape index (κ3) is 2.94. The van der Waals surface area contributed by atoms with E-state index in [1.54, 1.807) is 0 Å². The average molecular weight is 366 g/mol. The van der Waals surface area contributed by atoms with E-state index in [4.69, 9.17) is 4.74 Å². The molecule has 2 rings (SSSR count). The van der Waals surface area contributed by atoms with Crippen LogP contribution in [-0.4, -0.2) is 0 Å². The molecule has 100 valence electrons. The fourth-order valence-electron chi connectivity index (χ4n) is 2.18. The third-order valence-electron chi connectivity index (χ3n) is 3.69. The van der Waals surface area contributed by atoms with Crippen LogP contribution >= 0.6 is 22.6 Å². The topological polar surface area (TPSA) is 9.23 Å². The molecule has 0 saturated heterocycles. The molecule has 19 heavy (non-hydrogen) atoms. The average Bonchev–Trinajstić information content (AvgIpc) is 2.44. The zero-order valence-corrected chi connectivity index (χ0v) is 14.0. The van der Waals surface area contributed by atoms with Crippen LogP contribution in [0.1, 0.15) is 27.8 Å². The van der Waals surface area contributed by atoms with E-state index in [1.807, 2.05) is 18.2 Å². The van der Waals surface area contributed by atoms with E-state index in [1.165, 1.54) is 31.4 Å². The summed E-state index contributed by atoms with van der Waals surface area (Å²) in [5, 5.41) is 0. The molecule has 0 radical (unpaired) electrons. The lowest BCUT2D eigenvalue weighted by molar-refractivity contribution is 0.301. The first-order valence-corrected chi connectivity index (χ1v) is 7.52. The lowest BCUT2D eigenvalue weighted by atomic mass is 10.00. The molecule has 0 bridgehead atoms. The lowest BCUT2D eigenvalue weighted by Crippen LogP contribution is -2.03. The van der Waals surface area contributed by atoms with Crippen LogP contribution in [0.15, 0.2) is 30.3 Å². The van der Waals surface area contributed by atoms with Crippen molar-refractivity contribution in [3.63, 3.8) is 0 Å². The smallest absolute Gasteiger partial charge is 0.126 e. The van der Waals surface area contributed by atoms with Gasteiger partial charge in [-0.2, -0.15) is 0 Å². The van der Waals surface area contributed by atoms with E-state index in [-0.39, 0.29) is 0 Å². The second-order valence-corrected chi connectivity index (χ2v) is 6.00. The van der Waals surface area contributed by atoms with E-state index >= 15 is 0 Å². The van der Waals surface area contributed by atoms with Crippen LogP contribution in [0, 0.1) is 31.3 Å². The Morgan fingerprint density at radius 2 is 1.37 bits per heavy atom. The number of ether oxygens (including phenoxy) is 1. The van der Waals surface area contributed by atoms with Crippen molar-refractivity contribution in [2.75, 3.05) is 0 Å². The first-order chi connectivity index (χ1) is 9.02. The Kier molecular flexibility index (Phi) is 4.50. The molecule has 0 aliphatic carbocycles. The Morgan fingerprint density at radius 1 is 0.842 bits per heavy atom. The first kappa shape index (κ1) is 14.4. The Bertz CT molecular complexity index is 559. The highest BCUT2D eigenvalue weighted by Crippen LogP contribution is 2.33. The second-order valence-electron chi connectivity index (χ2n) is 4.92. The van der Waals surface area contributed by atoms with Crippen molar-refractivity contribution in [3.8, 4) is 5.75 Å². The Morgan fingerprint density at radius 3 is 1.89 bits per heavy atom. The van der Waals surface area contributed by atoms with Gasteiger partial charge in [0.05, 0.1) is 0 Å². The Hall–Kier alpha value is -1.03. The fraction of sp³-hybridized carbons (Fsp3) is 0.294. The SMILES string of the molecule is Cc1c(C)c(OCc2ccccc2)c(C)c(C)c1I. The molecular formula is C17H19IO. The van der Waals surface area contributed by atoms with Crippen LogP contribution in [0.3, 0.4) is 0 Å². The summed E-state index contributed by atoms with van der Waals surface area (Å²) in [5.74, 6) is 1.04. The van der Waals surface area contributed by atoms with Crippen molar-refractivity contribution < 1.29 is 4.74 Å². The summed E-state index contributed by atoms with van der Waals surface area (Å²) in [6, 6.07) is 10.3. The summed E-state index contributed by atoms with van der Waals surface area (Å²) < 4.78 is 7.41. The number of hydrogen-bond donors (Lipinski definition) is 0. The van der Waals surface area contributed by atoms with E-state index in [0.717, 1.165) is 5.75 Å². The largest absolute Gasteiger partial charge is 0.488 e. The van der Waals surface area contributed by atoms with E-state index in [9.17, 15) is 0 Å². The molecule has 0 unspecified atom stereocenters. The Labute approximate surface area is 129 Å². The maximum absolute atomic E-state index is 6.07. The van der Waals surface area contributed by atoms with Crippen molar-refractivity contribution in [2.24, 2.45) is 0 Å². The summed E-state index contributed by atoms with van der Waals surface area (Å²) in [4.78, 5) is 0. The lowest BCUT2D eigenvalue weighted by Gasteiger charge is -2.18. The van der Waals surface area contributed by atoms with Crippen LogP contribution in [-0.2, 0) is 6.61 Å². The number of benzene rings is 2. The molecule has 0 fully saturated rings. The summed E-state index contributed by atoms with van der Waals surface area (Å²) in [5.41, 5.74) is 6.36. The molecule has 0 aromatic heterocycles. The van der Waals surface area contributed by atoms with Gasteiger partial charge in [0.25, 0.3) is 0 Å². The highest BCUT2D eigenvalue weighted by molar-refractivity contribution is 14.1. The minimum atomic E-state index is 0.627. The van der Waals surface area contributed by atoms with Gasteiger partial charge in [0.1, 0.15) is 12.4 Å². The number of rotatable bonds is 3. The summed E-state index contributed by atoms with van der Waals surface area (Å²) in [6.45, 7) is 9.24. The van der Waals surface area contributed by atoms with Crippen molar-refractivity contribution in [3.05, 3.63) is 61.7 Å². The van der Waals surface area contributed by atoms with Gasteiger partial charge in [0, 0.05) is 3.57 Å². The summed E-state index contributed by atoms with van der Waals surface area (Å²) >= 11 is 2.42. The maximum atomic E-state index is 6.07. The molecule has 1 nitrogen and oxygen atoms in total. The molecule has 2 aromatic rings. The van der Waals surface area contributed by atoms with Gasteiger partial charge in [-0.25, -0.2) is 0 Å². The van der Waals surface area contributed by atoms with E-state index in [2.05, 4.69) is 62.4 Å². The first-order valence-electron chi connectivity index (χ1n) is 6.45. The molecule has 0 heterocycles. The predicted molar refractivity (Wildman–Crippen MR) is 88.9 cm³/mol. The van der Waals surface area contributed by atoms with E-state index in [0.29, 0.717) is 6.61 Å². The highest BCUT2D eigenvalue weighted by Gasteiger charge is 2.14. The van der Waals surface area contributed by atoms with Crippen molar-refractivity contribution in [2.45, 2.75) is 34.3 Å². The quantitative estimate of drug-likeness (QED) is 0.687. The maximum Gasteiger partial charge on any atom is 0.126 e. The van der Waals surface area contributed by atoms with Crippen LogP contribution in [0.25, 0.3) is 0 Å². The molecule has 0 aliphatic heterocycles. The standard InChI is InChI=1S/C17H19IO/c1-11-13(3)17(14(4)12(2)16(11)18)19-10-15-8-6-5-7-9-15/h5-9H,10H2,1-4H3. The predicted octanol–water partition coefficient (Wildman–Crippen LogP) is 5.10. The van der Waals surface area contributed by atoms with Crippen LogP contribution in [0.5, 0.6) is 5.75 Å². The van der Waals surface area contributed by atoms with Crippen molar-refractivity contribution in [1.82, 2.24) is 0 Å². The van der Waals surface area contributed by atoms with Gasteiger partial charge in [-0.1, -0.05) is 30.3 Å². The zero-order chi connectivity index (χ0) is 14.0. The molecule has 0 amide bonds. The molecule has 0 saturated carbocycles. The van der Waals surface area contributed by atoms with Gasteiger partial charge in [0.2, 0.25) is 0 Å². The molecular weight excluding hydrogens is 347 g/mol. The van der Waals surface area contributed by atoms with Gasteiger partial charge < -0.3 is 4.74 Å². The number of halogens is 1. The highest BCUT2D eigenvalue weighted by atomic mass is 127. The molecule has 0 spiro atoms. The monoisotopic (exact) mass is 366 g/mol. The molecule has 2 aromatic carbocycles. The minimum Gasteiger partial charge on any atom is -0.488 e. The van der Waals surface area contributed by atoms with Crippen molar-refractivity contribution in [1.29, 1.82) is 0 Å². The minimum absolute atomic E-state index is 0.627. The third-order valence-corrected chi connectivity index (χ3v) is 5.31. The van der Waals surface area contributed by atoms with Gasteiger partial charge in [-0.05, 0) is 78.1 Å². The van der Waals surface area contributed by atoms with Gasteiger partial charge in [0.15, 0.2) is 0 Å². The summed E-state index contributed by atoms with van der Waals surface area (Å²) in [7, 11) is 0. The molecule has 0 aliphatic rings. The van der Waals surface area contributed by atoms with E-state index < -0.39 is 0 Å². The normalized spacial score (nSPS) is 10.6. The van der Waals surface area contributed by atoms with Crippen LogP contribution < -0.4 is 4.74 Å². The summed E-state index contributed by atoms with van der Waals surface area (Å²) in [6.07, 6.45) is 0. The number of hydrogen-bond acceptors (Lipinski definition) is 1. The molecule has 0 N–H and O–H groups in total. The Balaban J connectivity index is 2.31. The second kappa shape index (κ2) is 5.95. The van der Waals surface area contributed by atoms with Crippen LogP contribution in [0.2, 0.25) is 0 Å². The molecule has 0 atom stereocenters. The van der Waals surface area contributed by atoms with Gasteiger partial charge in [-0.15, -0.1) is 0 Å². The fourth-order valence-corrected chi connectivity index (χ4v) is 2.99. The zero-order valence-electron chi connectivity index (χ0n) is 11.9. The van der Waals surface area contributed by atoms with Gasteiger partial charge in [-0.3, -0.25) is 0 Å². The van der Waals surface area contributed by atoms with Crippen LogP contribution in [0.4, 0.5) is 0 Å². The molecule has 2 heteroatoms. The van der Waals surface area contributed by atoms with Crippen molar-refractivity contribution >= 4 is 22.6 Å². The van der Waals surface area contributed by atoms with Gasteiger partial charge >= 0.3 is 0 Å².